The smallest absolute Gasteiger partial charge is 0.0487 e. The first-order valence-corrected chi connectivity index (χ1v) is 9.13. The van der Waals surface area contributed by atoms with E-state index in [4.69, 9.17) is 0 Å². The summed E-state index contributed by atoms with van der Waals surface area (Å²) in [5.74, 6) is 2.90. The molecule has 0 radical (unpaired) electrons. The standard InChI is InChI=1S/C10H24S2/c1-11(2)9-7-5-6-8-10-12(3)4/h5-10H2,1-4H3/q+2. The summed E-state index contributed by atoms with van der Waals surface area (Å²) in [6, 6.07) is 0. The van der Waals surface area contributed by atoms with Crippen LogP contribution >= 0.6 is 0 Å². The SMILES string of the molecule is C[S+](C)CCCCCC[S+](C)C. The summed E-state index contributed by atoms with van der Waals surface area (Å²) in [4.78, 5) is 0. The van der Waals surface area contributed by atoms with Crippen molar-refractivity contribution >= 4 is 21.8 Å². The molecule has 0 N–H and O–H groups in total. The Morgan fingerprint density at radius 3 is 1.17 bits per heavy atom. The van der Waals surface area contributed by atoms with Crippen LogP contribution in [0.1, 0.15) is 25.7 Å². The zero-order valence-corrected chi connectivity index (χ0v) is 10.7. The topological polar surface area (TPSA) is 0 Å². The molecule has 0 nitrogen and oxygen atoms in total. The van der Waals surface area contributed by atoms with Gasteiger partial charge in [0.2, 0.25) is 0 Å². The van der Waals surface area contributed by atoms with Gasteiger partial charge in [0.25, 0.3) is 0 Å². The van der Waals surface area contributed by atoms with E-state index in [1.807, 2.05) is 0 Å². The van der Waals surface area contributed by atoms with Gasteiger partial charge in [-0.2, -0.15) is 0 Å². The average molecular weight is 208 g/mol. The van der Waals surface area contributed by atoms with E-state index in [-0.39, 0.29) is 0 Å². The Morgan fingerprint density at radius 1 is 0.583 bits per heavy atom. The summed E-state index contributed by atoms with van der Waals surface area (Å²) in [6.07, 6.45) is 15.2. The normalized spacial score (nSPS) is 11.5. The fraction of sp³-hybridized carbons (Fsp3) is 1.00. The van der Waals surface area contributed by atoms with Gasteiger partial charge < -0.3 is 0 Å². The highest BCUT2D eigenvalue weighted by molar-refractivity contribution is 7.95. The summed E-state index contributed by atoms with van der Waals surface area (Å²) in [6.45, 7) is 0. The van der Waals surface area contributed by atoms with Crippen LogP contribution < -0.4 is 0 Å². The van der Waals surface area contributed by atoms with Crippen LogP contribution in [0.25, 0.3) is 0 Å². The lowest BCUT2D eigenvalue weighted by Gasteiger charge is -1.98. The van der Waals surface area contributed by atoms with Gasteiger partial charge in [0.15, 0.2) is 0 Å². The zero-order chi connectivity index (χ0) is 9.40. The molecule has 0 heterocycles. The van der Waals surface area contributed by atoms with Crippen LogP contribution in [-0.4, -0.2) is 36.5 Å². The maximum Gasteiger partial charge on any atom is 0.107 e. The van der Waals surface area contributed by atoms with E-state index in [1.165, 1.54) is 37.2 Å². The van der Waals surface area contributed by atoms with Crippen LogP contribution in [0.5, 0.6) is 0 Å². The second kappa shape index (κ2) is 8.31. The first-order chi connectivity index (χ1) is 5.63. The predicted molar refractivity (Wildman–Crippen MR) is 66.6 cm³/mol. The Labute approximate surface area is 84.2 Å². The number of hydrogen-bond donors (Lipinski definition) is 0. The van der Waals surface area contributed by atoms with Crippen molar-refractivity contribution in [2.24, 2.45) is 0 Å². The van der Waals surface area contributed by atoms with Crippen LogP contribution in [0.3, 0.4) is 0 Å². The average Bonchev–Trinajstić information content (AvgIpc) is 1.95. The van der Waals surface area contributed by atoms with E-state index >= 15 is 0 Å². The maximum atomic E-state index is 2.34. The summed E-state index contributed by atoms with van der Waals surface area (Å²) in [7, 11) is 1.34. The van der Waals surface area contributed by atoms with Crippen molar-refractivity contribution in [2.75, 3.05) is 36.5 Å². The molecule has 0 saturated heterocycles. The van der Waals surface area contributed by atoms with Crippen molar-refractivity contribution in [2.45, 2.75) is 25.7 Å². The summed E-state index contributed by atoms with van der Waals surface area (Å²) < 4.78 is 0. The molecule has 0 aliphatic carbocycles. The number of unbranched alkanes of at least 4 members (excludes halogenated alkanes) is 3. The van der Waals surface area contributed by atoms with Gasteiger partial charge in [-0.3, -0.25) is 0 Å². The van der Waals surface area contributed by atoms with Gasteiger partial charge in [0.05, 0.1) is 25.0 Å². The largest absolute Gasteiger partial charge is 0.107 e. The molecule has 2 heteroatoms. The van der Waals surface area contributed by atoms with Gasteiger partial charge in [-0.05, 0) is 47.5 Å². The molecule has 0 aliphatic rings. The molecule has 0 saturated carbocycles. The van der Waals surface area contributed by atoms with Crippen molar-refractivity contribution in [3.8, 4) is 0 Å². The van der Waals surface area contributed by atoms with E-state index in [0.29, 0.717) is 21.8 Å². The Morgan fingerprint density at radius 2 is 0.917 bits per heavy atom. The Kier molecular flexibility index (Phi) is 8.79. The second-order valence-corrected chi connectivity index (χ2v) is 8.55. The molecule has 0 atom stereocenters. The Bertz CT molecular complexity index is 77.8. The zero-order valence-electron chi connectivity index (χ0n) is 9.06. The molecule has 0 bridgehead atoms. The van der Waals surface area contributed by atoms with Crippen LogP contribution in [0.15, 0.2) is 0 Å². The van der Waals surface area contributed by atoms with E-state index < -0.39 is 0 Å². The molecule has 0 unspecified atom stereocenters. The van der Waals surface area contributed by atoms with Crippen molar-refractivity contribution < 1.29 is 0 Å². The highest BCUT2D eigenvalue weighted by atomic mass is 32.2. The molecule has 12 heavy (non-hydrogen) atoms. The van der Waals surface area contributed by atoms with Crippen molar-refractivity contribution in [3.05, 3.63) is 0 Å². The quantitative estimate of drug-likeness (QED) is 0.445. The van der Waals surface area contributed by atoms with Crippen LogP contribution in [0.2, 0.25) is 0 Å². The molecule has 0 fully saturated rings. The molecule has 0 aromatic heterocycles. The molecule has 74 valence electrons. The monoisotopic (exact) mass is 208 g/mol. The molecule has 0 amide bonds. The van der Waals surface area contributed by atoms with Gasteiger partial charge in [-0.1, -0.05) is 0 Å². The minimum absolute atomic E-state index is 0.672. The molecular weight excluding hydrogens is 184 g/mol. The number of rotatable bonds is 7. The van der Waals surface area contributed by atoms with Gasteiger partial charge in [-0.25, -0.2) is 0 Å². The lowest BCUT2D eigenvalue weighted by molar-refractivity contribution is 0.710. The number of hydrogen-bond acceptors (Lipinski definition) is 0. The summed E-state index contributed by atoms with van der Waals surface area (Å²) in [5, 5.41) is 0. The second-order valence-electron chi connectivity index (χ2n) is 3.79. The van der Waals surface area contributed by atoms with E-state index in [2.05, 4.69) is 25.0 Å². The molecule has 0 aromatic rings. The van der Waals surface area contributed by atoms with Gasteiger partial charge in [0.1, 0.15) is 11.5 Å². The summed E-state index contributed by atoms with van der Waals surface area (Å²) in [5.41, 5.74) is 0. The molecule has 0 aromatic carbocycles. The Balaban J connectivity index is 2.91. The van der Waals surface area contributed by atoms with E-state index in [0.717, 1.165) is 0 Å². The highest BCUT2D eigenvalue weighted by Gasteiger charge is 2.03. The van der Waals surface area contributed by atoms with E-state index in [1.54, 1.807) is 0 Å². The predicted octanol–water partition coefficient (Wildman–Crippen LogP) is 2.30. The molecule has 0 spiro atoms. The minimum Gasteiger partial charge on any atom is -0.0487 e. The molecular formula is C10H24S2+2. The van der Waals surface area contributed by atoms with Crippen LogP contribution in [-0.2, 0) is 21.8 Å². The third kappa shape index (κ3) is 10.7. The van der Waals surface area contributed by atoms with Gasteiger partial charge in [0, 0.05) is 0 Å². The van der Waals surface area contributed by atoms with Crippen molar-refractivity contribution in [3.63, 3.8) is 0 Å². The lowest BCUT2D eigenvalue weighted by Crippen LogP contribution is -2.03. The molecule has 0 aliphatic heterocycles. The summed E-state index contributed by atoms with van der Waals surface area (Å²) >= 11 is 0. The fourth-order valence-electron chi connectivity index (χ4n) is 1.14. The first kappa shape index (κ1) is 12.7. The van der Waals surface area contributed by atoms with Crippen LogP contribution in [0.4, 0.5) is 0 Å². The lowest BCUT2D eigenvalue weighted by atomic mass is 10.2. The first-order valence-electron chi connectivity index (χ1n) is 4.71. The van der Waals surface area contributed by atoms with Gasteiger partial charge >= 0.3 is 0 Å². The third-order valence-corrected chi connectivity index (χ3v) is 4.07. The fourth-order valence-corrected chi connectivity index (χ4v) is 2.70. The molecule has 0 rings (SSSR count). The van der Waals surface area contributed by atoms with Crippen molar-refractivity contribution in [1.82, 2.24) is 0 Å². The van der Waals surface area contributed by atoms with Crippen LogP contribution in [0, 0.1) is 0 Å². The highest BCUT2D eigenvalue weighted by Crippen LogP contribution is 2.03. The van der Waals surface area contributed by atoms with Gasteiger partial charge in [-0.15, -0.1) is 0 Å². The minimum atomic E-state index is 0.672. The Hall–Kier alpha value is 0.700. The third-order valence-electron chi connectivity index (χ3n) is 1.86. The maximum absolute atomic E-state index is 2.34. The van der Waals surface area contributed by atoms with E-state index in [9.17, 15) is 0 Å². The van der Waals surface area contributed by atoms with Crippen molar-refractivity contribution in [1.29, 1.82) is 0 Å².